The first-order valence-electron chi connectivity index (χ1n) is 10.7. The predicted molar refractivity (Wildman–Crippen MR) is 132 cm³/mol. The van der Waals surface area contributed by atoms with E-state index in [1.165, 1.54) is 0 Å². The number of carboxylic acids is 1. The van der Waals surface area contributed by atoms with Gasteiger partial charge >= 0.3 is 5.97 Å². The number of alkyl halides is 1. The number of halogens is 1. The van der Waals surface area contributed by atoms with Crippen LogP contribution in [0.5, 0.6) is 0 Å². The molecule has 6 nitrogen and oxygen atoms in total. The molecule has 0 fully saturated rings. The fourth-order valence-electron chi connectivity index (χ4n) is 3.80. The van der Waals surface area contributed by atoms with Crippen molar-refractivity contribution in [2.24, 2.45) is 11.1 Å². The minimum atomic E-state index is -0.920. The normalized spacial score (nSPS) is 13.4. The molecule has 3 rings (SSSR count). The second-order valence-corrected chi connectivity index (χ2v) is 8.35. The molecule has 7 heteroatoms. The summed E-state index contributed by atoms with van der Waals surface area (Å²) in [4.78, 5) is 15.4. The van der Waals surface area contributed by atoms with Crippen LogP contribution in [0, 0.1) is 19.8 Å². The SMILES string of the molecule is Cc1cc(/C(C[C@H](c2ccc(NCC(CCl)C(=O)O)cc2)c2ccccc2C)=N\O)ccn1. The number of aryl methyl sites for hydroxylation is 2. The van der Waals surface area contributed by atoms with Crippen LogP contribution < -0.4 is 5.32 Å². The molecule has 0 aliphatic rings. The molecule has 3 aromatic rings. The first kappa shape index (κ1) is 24.3. The van der Waals surface area contributed by atoms with Crippen LogP contribution >= 0.6 is 11.6 Å². The summed E-state index contributed by atoms with van der Waals surface area (Å²) in [7, 11) is 0. The van der Waals surface area contributed by atoms with Crippen molar-refractivity contribution in [3.63, 3.8) is 0 Å². The average Bonchev–Trinajstić information content (AvgIpc) is 2.81. The second-order valence-electron chi connectivity index (χ2n) is 8.04. The maximum Gasteiger partial charge on any atom is 0.309 e. The molecule has 0 saturated heterocycles. The van der Waals surface area contributed by atoms with Crippen LogP contribution in [0.3, 0.4) is 0 Å². The zero-order valence-electron chi connectivity index (χ0n) is 18.7. The first-order chi connectivity index (χ1) is 15.9. The summed E-state index contributed by atoms with van der Waals surface area (Å²) in [6.45, 7) is 4.23. The van der Waals surface area contributed by atoms with E-state index in [9.17, 15) is 15.1 Å². The number of nitrogens with one attached hydrogen (secondary N) is 1. The molecule has 3 N–H and O–H groups in total. The number of oxime groups is 1. The van der Waals surface area contributed by atoms with E-state index >= 15 is 0 Å². The van der Waals surface area contributed by atoms with E-state index in [4.69, 9.17) is 11.6 Å². The number of aliphatic carboxylic acids is 1. The van der Waals surface area contributed by atoms with E-state index < -0.39 is 11.9 Å². The van der Waals surface area contributed by atoms with E-state index in [0.29, 0.717) is 12.1 Å². The lowest BCUT2D eigenvalue weighted by Crippen LogP contribution is -2.24. The quantitative estimate of drug-likeness (QED) is 0.160. The van der Waals surface area contributed by atoms with Gasteiger partial charge in [0.05, 0.1) is 11.6 Å². The number of carbonyl (C=O) groups is 1. The van der Waals surface area contributed by atoms with Crippen LogP contribution in [0.4, 0.5) is 5.69 Å². The zero-order valence-corrected chi connectivity index (χ0v) is 19.5. The number of anilines is 1. The summed E-state index contributed by atoms with van der Waals surface area (Å²) in [6.07, 6.45) is 2.22. The van der Waals surface area contributed by atoms with Gasteiger partial charge in [0.2, 0.25) is 0 Å². The zero-order chi connectivity index (χ0) is 23.8. The van der Waals surface area contributed by atoms with Gasteiger partial charge in [0.25, 0.3) is 0 Å². The number of benzene rings is 2. The molecule has 0 bridgehead atoms. The van der Waals surface area contributed by atoms with E-state index in [1.807, 2.05) is 55.5 Å². The minimum absolute atomic E-state index is 0.0331. The lowest BCUT2D eigenvalue weighted by molar-refractivity contribution is -0.140. The Labute approximate surface area is 199 Å². The maximum atomic E-state index is 11.2. The van der Waals surface area contributed by atoms with Gasteiger partial charge in [-0.25, -0.2) is 0 Å². The lowest BCUT2D eigenvalue weighted by Gasteiger charge is -2.21. The van der Waals surface area contributed by atoms with E-state index in [2.05, 4.69) is 34.5 Å². The topological polar surface area (TPSA) is 94.8 Å². The third-order valence-electron chi connectivity index (χ3n) is 5.71. The molecule has 1 aromatic heterocycles. The average molecular weight is 466 g/mol. The highest BCUT2D eigenvalue weighted by molar-refractivity contribution is 6.19. The van der Waals surface area contributed by atoms with Crippen LogP contribution in [-0.2, 0) is 4.79 Å². The number of hydrogen-bond acceptors (Lipinski definition) is 5. The summed E-state index contributed by atoms with van der Waals surface area (Å²) < 4.78 is 0. The Bertz CT molecular complexity index is 1120. The Hall–Kier alpha value is -3.38. The van der Waals surface area contributed by atoms with Gasteiger partial charge in [0.15, 0.2) is 0 Å². The Balaban J connectivity index is 1.89. The van der Waals surface area contributed by atoms with E-state index in [-0.39, 0.29) is 18.3 Å². The fourth-order valence-corrected chi connectivity index (χ4v) is 4.04. The van der Waals surface area contributed by atoms with Crippen molar-refractivity contribution >= 4 is 29.0 Å². The molecule has 33 heavy (non-hydrogen) atoms. The number of hydrogen-bond donors (Lipinski definition) is 3. The largest absolute Gasteiger partial charge is 0.481 e. The maximum absolute atomic E-state index is 11.2. The van der Waals surface area contributed by atoms with Crippen LogP contribution in [0.2, 0.25) is 0 Å². The van der Waals surface area contributed by atoms with Crippen LogP contribution in [0.25, 0.3) is 0 Å². The molecule has 0 amide bonds. The number of rotatable bonds is 10. The van der Waals surface area contributed by atoms with Crippen molar-refractivity contribution in [1.82, 2.24) is 4.98 Å². The van der Waals surface area contributed by atoms with Gasteiger partial charge < -0.3 is 15.6 Å². The predicted octanol–water partition coefficient (Wildman–Crippen LogP) is 5.45. The van der Waals surface area contributed by atoms with Crippen molar-refractivity contribution in [3.8, 4) is 0 Å². The summed E-state index contributed by atoms with van der Waals surface area (Å²) in [6, 6.07) is 19.8. The monoisotopic (exact) mass is 465 g/mol. The third-order valence-corrected chi connectivity index (χ3v) is 6.09. The van der Waals surface area contributed by atoms with Gasteiger partial charge in [-0.3, -0.25) is 9.78 Å². The second kappa shape index (κ2) is 11.5. The van der Waals surface area contributed by atoms with Crippen LogP contribution in [0.1, 0.15) is 40.3 Å². The Morgan fingerprint density at radius 1 is 1.12 bits per heavy atom. The first-order valence-corrected chi connectivity index (χ1v) is 11.3. The highest BCUT2D eigenvalue weighted by Crippen LogP contribution is 2.32. The van der Waals surface area contributed by atoms with Gasteiger partial charge in [-0.2, -0.15) is 0 Å². The summed E-state index contributed by atoms with van der Waals surface area (Å²) in [5.74, 6) is -1.56. The van der Waals surface area contributed by atoms with Crippen molar-refractivity contribution < 1.29 is 15.1 Å². The minimum Gasteiger partial charge on any atom is -0.481 e. The Kier molecular flexibility index (Phi) is 8.44. The molecule has 2 atom stereocenters. The summed E-state index contributed by atoms with van der Waals surface area (Å²) >= 11 is 5.74. The molecule has 172 valence electrons. The molecular weight excluding hydrogens is 438 g/mol. The Morgan fingerprint density at radius 3 is 2.45 bits per heavy atom. The van der Waals surface area contributed by atoms with Crippen LogP contribution in [0.15, 0.2) is 72.0 Å². The molecule has 0 spiro atoms. The van der Waals surface area contributed by atoms with Crippen molar-refractivity contribution in [1.29, 1.82) is 0 Å². The van der Waals surface area contributed by atoms with E-state index in [1.54, 1.807) is 6.20 Å². The van der Waals surface area contributed by atoms with Gasteiger partial charge in [-0.05, 0) is 54.8 Å². The molecule has 0 radical (unpaired) electrons. The van der Waals surface area contributed by atoms with Gasteiger partial charge in [-0.15, -0.1) is 11.6 Å². The summed E-state index contributed by atoms with van der Waals surface area (Å²) in [5, 5.41) is 25.8. The number of pyridine rings is 1. The highest BCUT2D eigenvalue weighted by atomic mass is 35.5. The van der Waals surface area contributed by atoms with E-state index in [0.717, 1.165) is 33.6 Å². The molecule has 0 aliphatic heterocycles. The Morgan fingerprint density at radius 2 is 1.85 bits per heavy atom. The van der Waals surface area contributed by atoms with Gasteiger partial charge in [0.1, 0.15) is 0 Å². The van der Waals surface area contributed by atoms with Crippen molar-refractivity contribution in [3.05, 3.63) is 94.8 Å². The van der Waals surface area contributed by atoms with Gasteiger partial charge in [0, 0.05) is 47.9 Å². The highest BCUT2D eigenvalue weighted by Gasteiger charge is 2.21. The number of nitrogens with zero attached hydrogens (tertiary/aromatic N) is 2. The molecular formula is C26H28ClN3O3. The molecule has 0 aliphatic carbocycles. The van der Waals surface area contributed by atoms with Crippen LogP contribution in [-0.4, -0.2) is 39.4 Å². The van der Waals surface area contributed by atoms with Gasteiger partial charge in [-0.1, -0.05) is 41.6 Å². The number of carboxylic acid groups (broad SMARTS) is 1. The smallest absolute Gasteiger partial charge is 0.309 e. The molecule has 1 heterocycles. The molecule has 1 unspecified atom stereocenters. The van der Waals surface area contributed by atoms with Crippen molar-refractivity contribution in [2.45, 2.75) is 26.2 Å². The number of aromatic nitrogens is 1. The third kappa shape index (κ3) is 6.33. The molecule has 0 saturated carbocycles. The standard InChI is InChI=1S/C26H28ClN3O3/c1-17-5-3-4-6-23(17)24(14-25(30-33)20-11-12-28-18(2)13-20)19-7-9-22(10-8-19)29-16-21(15-27)26(31)32/h3-13,21,24,29,33H,14-16H2,1-2H3,(H,31,32)/b30-25-/t21?,24-/m1/s1. The molecule has 2 aromatic carbocycles. The summed E-state index contributed by atoms with van der Waals surface area (Å²) in [5.41, 5.74) is 6.46. The lowest BCUT2D eigenvalue weighted by atomic mass is 9.83. The van der Waals surface area contributed by atoms with Crippen molar-refractivity contribution in [2.75, 3.05) is 17.7 Å². The fraction of sp³-hybridized carbons (Fsp3) is 0.269.